The summed E-state index contributed by atoms with van der Waals surface area (Å²) in [5.41, 5.74) is 1.52. The average Bonchev–Trinajstić information content (AvgIpc) is 2.93. The number of thioether (sulfide) groups is 1. The summed E-state index contributed by atoms with van der Waals surface area (Å²) in [7, 11) is 0. The molecule has 2 aromatic carbocycles. The molecule has 0 aromatic heterocycles. The number of nitrogens with one attached hydrogen (secondary N) is 1. The number of hydrogen-bond acceptors (Lipinski definition) is 4. The van der Waals surface area contributed by atoms with E-state index in [2.05, 4.69) is 5.32 Å². The Labute approximate surface area is 182 Å². The van der Waals surface area contributed by atoms with Crippen molar-refractivity contribution < 1.29 is 9.59 Å². The van der Waals surface area contributed by atoms with Crippen LogP contribution in [0.25, 0.3) is 6.08 Å². The molecule has 1 aliphatic rings. The van der Waals surface area contributed by atoms with E-state index < -0.39 is 0 Å². The minimum absolute atomic E-state index is 0.176. The van der Waals surface area contributed by atoms with Crippen LogP contribution < -0.4 is 5.32 Å². The lowest BCUT2D eigenvalue weighted by molar-refractivity contribution is -0.126. The highest BCUT2D eigenvalue weighted by Crippen LogP contribution is 2.31. The topological polar surface area (TPSA) is 49.4 Å². The fourth-order valence-electron chi connectivity index (χ4n) is 2.38. The third-order valence-electron chi connectivity index (χ3n) is 3.71. The molecule has 3 rings (SSSR count). The number of thiocarbonyl (C=S) groups is 1. The number of amides is 2. The SMILES string of the molecule is O=C(CN1C(=O)C(=CC=Cc2ccccc2)SC1=S)Nc1ccc(Cl)c(Cl)c1. The predicted molar refractivity (Wildman–Crippen MR) is 121 cm³/mol. The first kappa shape index (κ1) is 20.6. The van der Waals surface area contributed by atoms with Crippen molar-refractivity contribution in [3.05, 3.63) is 81.2 Å². The van der Waals surface area contributed by atoms with E-state index in [0.29, 0.717) is 25.0 Å². The Bertz CT molecular complexity index is 991. The largest absolute Gasteiger partial charge is 0.324 e. The maximum atomic E-state index is 12.5. The molecule has 1 fully saturated rings. The summed E-state index contributed by atoms with van der Waals surface area (Å²) >= 11 is 18.2. The maximum absolute atomic E-state index is 12.5. The highest BCUT2D eigenvalue weighted by Gasteiger charge is 2.33. The summed E-state index contributed by atoms with van der Waals surface area (Å²) in [6.45, 7) is -0.176. The summed E-state index contributed by atoms with van der Waals surface area (Å²) in [5.74, 6) is -0.673. The molecule has 0 bridgehead atoms. The normalized spacial score (nSPS) is 15.6. The van der Waals surface area contributed by atoms with E-state index in [-0.39, 0.29) is 18.4 Å². The molecule has 0 saturated carbocycles. The van der Waals surface area contributed by atoms with Crippen molar-refractivity contribution in [1.82, 2.24) is 4.90 Å². The first-order chi connectivity index (χ1) is 13.4. The third kappa shape index (κ3) is 5.23. The quantitative estimate of drug-likeness (QED) is 0.491. The molecule has 0 unspecified atom stereocenters. The zero-order valence-electron chi connectivity index (χ0n) is 14.4. The van der Waals surface area contributed by atoms with Gasteiger partial charge in [0.15, 0.2) is 0 Å². The lowest BCUT2D eigenvalue weighted by atomic mass is 10.2. The second-order valence-electron chi connectivity index (χ2n) is 5.74. The van der Waals surface area contributed by atoms with Gasteiger partial charge in [-0.05, 0) is 29.8 Å². The number of carbonyl (C=O) groups is 2. The van der Waals surface area contributed by atoms with Crippen molar-refractivity contribution in [3.8, 4) is 0 Å². The minimum Gasteiger partial charge on any atom is -0.324 e. The van der Waals surface area contributed by atoms with Crippen LogP contribution in [0.2, 0.25) is 10.0 Å². The molecule has 1 heterocycles. The van der Waals surface area contributed by atoms with Gasteiger partial charge in [0.25, 0.3) is 5.91 Å². The van der Waals surface area contributed by atoms with Crippen molar-refractivity contribution in [2.75, 3.05) is 11.9 Å². The molecule has 0 spiro atoms. The van der Waals surface area contributed by atoms with Crippen LogP contribution in [-0.2, 0) is 9.59 Å². The van der Waals surface area contributed by atoms with Gasteiger partial charge in [0.2, 0.25) is 5.91 Å². The summed E-state index contributed by atoms with van der Waals surface area (Å²) in [6, 6.07) is 14.5. The number of allylic oxidation sites excluding steroid dienone is 2. The number of benzene rings is 2. The van der Waals surface area contributed by atoms with E-state index in [0.717, 1.165) is 5.56 Å². The number of halogens is 2. The van der Waals surface area contributed by atoms with Gasteiger partial charge in [-0.25, -0.2) is 0 Å². The van der Waals surface area contributed by atoms with Crippen LogP contribution in [0.4, 0.5) is 5.69 Å². The molecule has 2 aromatic rings. The molecule has 4 nitrogen and oxygen atoms in total. The molecular formula is C20H14Cl2N2O2S2. The molecular weight excluding hydrogens is 435 g/mol. The Balaban J connectivity index is 1.63. The highest BCUT2D eigenvalue weighted by atomic mass is 35.5. The van der Waals surface area contributed by atoms with Crippen LogP contribution in [0.5, 0.6) is 0 Å². The second-order valence-corrected chi connectivity index (χ2v) is 8.23. The van der Waals surface area contributed by atoms with E-state index in [9.17, 15) is 9.59 Å². The van der Waals surface area contributed by atoms with Gasteiger partial charge in [-0.1, -0.05) is 89.7 Å². The standard InChI is InChI=1S/C20H14Cl2N2O2S2/c21-15-10-9-14(11-16(15)22)23-18(25)12-24-19(26)17(28-20(24)27)8-4-7-13-5-2-1-3-6-13/h1-11H,12H2,(H,23,25). The molecule has 0 radical (unpaired) electrons. The molecule has 2 amide bonds. The van der Waals surface area contributed by atoms with Gasteiger partial charge in [0.05, 0.1) is 15.0 Å². The lowest BCUT2D eigenvalue weighted by Gasteiger charge is -2.14. The summed E-state index contributed by atoms with van der Waals surface area (Å²) < 4.78 is 0.341. The molecule has 1 saturated heterocycles. The van der Waals surface area contributed by atoms with Gasteiger partial charge in [-0.15, -0.1) is 0 Å². The van der Waals surface area contributed by atoms with Gasteiger partial charge in [0, 0.05) is 5.69 Å². The molecule has 0 atom stereocenters. The first-order valence-electron chi connectivity index (χ1n) is 8.16. The summed E-state index contributed by atoms with van der Waals surface area (Å²) in [4.78, 5) is 26.6. The average molecular weight is 449 g/mol. The molecule has 28 heavy (non-hydrogen) atoms. The number of anilines is 1. The van der Waals surface area contributed by atoms with Crippen LogP contribution in [0.15, 0.2) is 65.6 Å². The second kappa shape index (κ2) is 9.39. The monoisotopic (exact) mass is 448 g/mol. The van der Waals surface area contributed by atoms with Gasteiger partial charge in [-0.3, -0.25) is 14.5 Å². The fraction of sp³-hybridized carbons (Fsp3) is 0.0500. The van der Waals surface area contributed by atoms with Gasteiger partial charge in [0.1, 0.15) is 10.9 Å². The Kier molecular flexibility index (Phi) is 6.91. The third-order valence-corrected chi connectivity index (χ3v) is 5.85. The number of rotatable bonds is 5. The summed E-state index contributed by atoms with van der Waals surface area (Å²) in [6.07, 6.45) is 5.38. The Morgan fingerprint density at radius 1 is 1.14 bits per heavy atom. The van der Waals surface area contributed by atoms with E-state index >= 15 is 0 Å². The summed E-state index contributed by atoms with van der Waals surface area (Å²) in [5, 5.41) is 3.40. The van der Waals surface area contributed by atoms with Crippen LogP contribution >= 0.6 is 47.2 Å². The smallest absolute Gasteiger partial charge is 0.266 e. The minimum atomic E-state index is -0.379. The van der Waals surface area contributed by atoms with E-state index in [1.807, 2.05) is 36.4 Å². The maximum Gasteiger partial charge on any atom is 0.266 e. The van der Waals surface area contributed by atoms with Gasteiger partial charge >= 0.3 is 0 Å². The van der Waals surface area contributed by atoms with Crippen LogP contribution in [0.3, 0.4) is 0 Å². The van der Waals surface area contributed by atoms with Crippen molar-refractivity contribution in [2.24, 2.45) is 0 Å². The van der Waals surface area contributed by atoms with Crippen molar-refractivity contribution in [3.63, 3.8) is 0 Å². The van der Waals surface area contributed by atoms with Gasteiger partial charge < -0.3 is 5.32 Å². The predicted octanol–water partition coefficient (Wildman–Crippen LogP) is 5.39. The Morgan fingerprint density at radius 3 is 2.61 bits per heavy atom. The van der Waals surface area contributed by atoms with Crippen LogP contribution in [0.1, 0.15) is 5.56 Å². The van der Waals surface area contributed by atoms with Crippen molar-refractivity contribution in [1.29, 1.82) is 0 Å². The van der Waals surface area contributed by atoms with Crippen LogP contribution in [0, 0.1) is 0 Å². The number of nitrogens with zero attached hydrogens (tertiary/aromatic N) is 1. The molecule has 1 aliphatic heterocycles. The zero-order valence-corrected chi connectivity index (χ0v) is 17.5. The molecule has 0 aliphatic carbocycles. The number of hydrogen-bond donors (Lipinski definition) is 1. The van der Waals surface area contributed by atoms with E-state index in [4.69, 9.17) is 35.4 Å². The van der Waals surface area contributed by atoms with E-state index in [1.165, 1.54) is 16.7 Å². The molecule has 1 N–H and O–H groups in total. The zero-order chi connectivity index (χ0) is 20.1. The lowest BCUT2D eigenvalue weighted by Crippen LogP contribution is -2.36. The Morgan fingerprint density at radius 2 is 1.89 bits per heavy atom. The van der Waals surface area contributed by atoms with E-state index in [1.54, 1.807) is 30.4 Å². The Hall–Kier alpha value is -2.12. The highest BCUT2D eigenvalue weighted by molar-refractivity contribution is 8.26. The van der Waals surface area contributed by atoms with Crippen molar-refractivity contribution in [2.45, 2.75) is 0 Å². The van der Waals surface area contributed by atoms with Crippen LogP contribution in [-0.4, -0.2) is 27.6 Å². The molecule has 8 heteroatoms. The van der Waals surface area contributed by atoms with Gasteiger partial charge in [-0.2, -0.15) is 0 Å². The fourth-order valence-corrected chi connectivity index (χ4v) is 3.88. The molecule has 142 valence electrons. The number of carbonyl (C=O) groups excluding carboxylic acids is 2. The first-order valence-corrected chi connectivity index (χ1v) is 10.1. The van der Waals surface area contributed by atoms with Crippen molar-refractivity contribution >= 4 is 75.1 Å².